The van der Waals surface area contributed by atoms with Gasteiger partial charge in [0.1, 0.15) is 0 Å². The van der Waals surface area contributed by atoms with Crippen LogP contribution in [0.3, 0.4) is 0 Å². The van der Waals surface area contributed by atoms with Crippen LogP contribution in [0.15, 0.2) is 18.2 Å². The molecule has 146 valence electrons. The van der Waals surface area contributed by atoms with Crippen LogP contribution in [0.1, 0.15) is 45.1 Å². The van der Waals surface area contributed by atoms with Gasteiger partial charge in [-0.1, -0.05) is 33.1 Å². The van der Waals surface area contributed by atoms with E-state index in [4.69, 9.17) is 0 Å². The molecule has 1 aliphatic heterocycles. The van der Waals surface area contributed by atoms with Gasteiger partial charge in [0.2, 0.25) is 0 Å². The predicted octanol–water partition coefficient (Wildman–Crippen LogP) is 4.08. The molecule has 1 atom stereocenters. The Bertz CT molecular complexity index is 567. The molecule has 0 radical (unpaired) electrons. The Morgan fingerprint density at radius 1 is 1.19 bits per heavy atom. The van der Waals surface area contributed by atoms with Crippen LogP contribution in [-0.2, 0) is 0 Å². The van der Waals surface area contributed by atoms with Crippen molar-refractivity contribution in [1.29, 1.82) is 0 Å². The molecular weight excluding hydrogens is 324 g/mol. The summed E-state index contributed by atoms with van der Waals surface area (Å²) in [4.78, 5) is 17.0. The van der Waals surface area contributed by atoms with Crippen LogP contribution in [0.4, 0.5) is 16.2 Å². The number of nitrogens with zero attached hydrogens (tertiary/aromatic N) is 2. The van der Waals surface area contributed by atoms with E-state index in [1.165, 1.54) is 24.9 Å². The third kappa shape index (κ3) is 6.20. The van der Waals surface area contributed by atoms with Gasteiger partial charge in [-0.25, -0.2) is 4.79 Å². The van der Waals surface area contributed by atoms with E-state index in [9.17, 15) is 4.79 Å². The number of aryl methyl sites for hydroxylation is 1. The van der Waals surface area contributed by atoms with Crippen molar-refractivity contribution in [3.05, 3.63) is 23.8 Å². The number of rotatable bonds is 8. The van der Waals surface area contributed by atoms with Crippen molar-refractivity contribution < 1.29 is 4.79 Å². The number of piperazine rings is 1. The van der Waals surface area contributed by atoms with Gasteiger partial charge in [-0.15, -0.1) is 0 Å². The number of hydrogen-bond acceptors (Lipinski definition) is 3. The number of carbonyl (C=O) groups excluding carboxylic acids is 1. The number of carbonyl (C=O) groups is 1. The van der Waals surface area contributed by atoms with Crippen LogP contribution < -0.4 is 15.5 Å². The second-order valence-electron chi connectivity index (χ2n) is 7.54. The largest absolute Gasteiger partial charge is 0.369 e. The molecule has 1 aromatic rings. The van der Waals surface area contributed by atoms with Crippen LogP contribution in [0.5, 0.6) is 0 Å². The lowest BCUT2D eigenvalue weighted by Crippen LogP contribution is -2.44. The summed E-state index contributed by atoms with van der Waals surface area (Å²) in [5, 5.41) is 6.04. The summed E-state index contributed by atoms with van der Waals surface area (Å²) in [5.41, 5.74) is 3.24. The lowest BCUT2D eigenvalue weighted by molar-refractivity contribution is 0.249. The van der Waals surface area contributed by atoms with E-state index in [0.29, 0.717) is 5.92 Å². The first kappa shape index (κ1) is 20.6. The van der Waals surface area contributed by atoms with E-state index in [1.807, 2.05) is 6.07 Å². The molecule has 1 fully saturated rings. The summed E-state index contributed by atoms with van der Waals surface area (Å²) < 4.78 is 0. The highest BCUT2D eigenvalue weighted by atomic mass is 16.2. The number of amides is 2. The smallest absolute Gasteiger partial charge is 0.319 e. The molecule has 5 heteroatoms. The highest BCUT2D eigenvalue weighted by molar-refractivity contribution is 5.90. The number of unbranched alkanes of at least 4 members (excludes halogenated alkanes) is 1. The van der Waals surface area contributed by atoms with E-state index in [1.54, 1.807) is 0 Å². The standard InChI is InChI=1S/C21H36N4O/c1-5-7-8-18(6-2)16-22-21(26)23-20-10-9-19(15-17(20)3)25-13-11-24(4)12-14-25/h9-10,15,18H,5-8,11-14,16H2,1-4H3,(H2,22,23,26). The Kier molecular flexibility index (Phi) is 8.23. The van der Waals surface area contributed by atoms with E-state index in [2.05, 4.69) is 60.4 Å². The molecule has 0 saturated carbocycles. The minimum atomic E-state index is -0.101. The monoisotopic (exact) mass is 360 g/mol. The highest BCUT2D eigenvalue weighted by Gasteiger charge is 2.15. The van der Waals surface area contributed by atoms with Crippen molar-refractivity contribution in [3.63, 3.8) is 0 Å². The fraction of sp³-hybridized carbons (Fsp3) is 0.667. The van der Waals surface area contributed by atoms with Crippen molar-refractivity contribution in [1.82, 2.24) is 10.2 Å². The number of hydrogen-bond donors (Lipinski definition) is 2. The van der Waals surface area contributed by atoms with Crippen LogP contribution in [0.25, 0.3) is 0 Å². The van der Waals surface area contributed by atoms with Crippen molar-refractivity contribution >= 4 is 17.4 Å². The summed E-state index contributed by atoms with van der Waals surface area (Å²) in [7, 11) is 2.17. The number of anilines is 2. The summed E-state index contributed by atoms with van der Waals surface area (Å²) in [6, 6.07) is 6.22. The number of nitrogens with one attached hydrogen (secondary N) is 2. The molecule has 1 saturated heterocycles. The Morgan fingerprint density at radius 2 is 1.92 bits per heavy atom. The summed E-state index contributed by atoms with van der Waals surface area (Å²) in [6.07, 6.45) is 4.74. The Morgan fingerprint density at radius 3 is 2.54 bits per heavy atom. The maximum atomic E-state index is 12.2. The molecular formula is C21H36N4O. The van der Waals surface area contributed by atoms with Crippen LogP contribution in [0, 0.1) is 12.8 Å². The average Bonchev–Trinajstić information content (AvgIpc) is 2.64. The molecule has 2 N–H and O–H groups in total. The van der Waals surface area contributed by atoms with Gasteiger partial charge < -0.3 is 20.4 Å². The SMILES string of the molecule is CCCCC(CC)CNC(=O)Nc1ccc(N2CCN(C)CC2)cc1C. The second kappa shape index (κ2) is 10.4. The van der Waals surface area contributed by atoms with Gasteiger partial charge in [-0.3, -0.25) is 0 Å². The topological polar surface area (TPSA) is 47.6 Å². The fourth-order valence-corrected chi connectivity index (χ4v) is 3.40. The van der Waals surface area contributed by atoms with Gasteiger partial charge in [0.05, 0.1) is 0 Å². The molecule has 0 bridgehead atoms. The minimum Gasteiger partial charge on any atom is -0.369 e. The second-order valence-corrected chi connectivity index (χ2v) is 7.54. The first-order valence-electron chi connectivity index (χ1n) is 10.1. The van der Waals surface area contributed by atoms with Crippen molar-refractivity contribution in [3.8, 4) is 0 Å². The number of urea groups is 1. The lowest BCUT2D eigenvalue weighted by Gasteiger charge is -2.34. The third-order valence-electron chi connectivity index (χ3n) is 5.42. The molecule has 1 heterocycles. The Labute approximate surface area is 159 Å². The summed E-state index contributed by atoms with van der Waals surface area (Å²) in [6.45, 7) is 11.5. The molecule has 1 aromatic carbocycles. The zero-order valence-electron chi connectivity index (χ0n) is 17.0. The van der Waals surface area contributed by atoms with Crippen LogP contribution >= 0.6 is 0 Å². The molecule has 1 unspecified atom stereocenters. The number of likely N-dealkylation sites (N-methyl/N-ethyl adjacent to an activating group) is 1. The summed E-state index contributed by atoms with van der Waals surface area (Å²) in [5.74, 6) is 0.571. The zero-order valence-corrected chi connectivity index (χ0v) is 17.0. The molecule has 2 rings (SSSR count). The first-order chi connectivity index (χ1) is 12.5. The number of benzene rings is 1. The van der Waals surface area contributed by atoms with Crippen molar-refractivity contribution in [2.24, 2.45) is 5.92 Å². The molecule has 5 nitrogen and oxygen atoms in total. The quantitative estimate of drug-likeness (QED) is 0.734. The van der Waals surface area contributed by atoms with Crippen molar-refractivity contribution in [2.45, 2.75) is 46.5 Å². The predicted molar refractivity (Wildman–Crippen MR) is 111 cm³/mol. The van der Waals surface area contributed by atoms with Gasteiger partial charge >= 0.3 is 6.03 Å². The Balaban J connectivity index is 1.86. The zero-order chi connectivity index (χ0) is 18.9. The van der Waals surface area contributed by atoms with E-state index >= 15 is 0 Å². The maximum absolute atomic E-state index is 12.2. The van der Waals surface area contributed by atoms with Gasteiger partial charge in [0.15, 0.2) is 0 Å². The highest BCUT2D eigenvalue weighted by Crippen LogP contribution is 2.23. The van der Waals surface area contributed by atoms with E-state index in [0.717, 1.165) is 50.4 Å². The minimum absolute atomic E-state index is 0.101. The average molecular weight is 361 g/mol. The van der Waals surface area contributed by atoms with E-state index in [-0.39, 0.29) is 6.03 Å². The first-order valence-corrected chi connectivity index (χ1v) is 10.1. The molecule has 0 aromatic heterocycles. The van der Waals surface area contributed by atoms with Gasteiger partial charge in [-0.2, -0.15) is 0 Å². The molecule has 0 aliphatic carbocycles. The molecule has 0 spiro atoms. The third-order valence-corrected chi connectivity index (χ3v) is 5.42. The Hall–Kier alpha value is -1.75. The fourth-order valence-electron chi connectivity index (χ4n) is 3.40. The molecule has 2 amide bonds. The molecule has 26 heavy (non-hydrogen) atoms. The maximum Gasteiger partial charge on any atom is 0.319 e. The lowest BCUT2D eigenvalue weighted by atomic mass is 9.99. The van der Waals surface area contributed by atoms with Crippen molar-refractivity contribution in [2.75, 3.05) is 50.0 Å². The van der Waals surface area contributed by atoms with E-state index < -0.39 is 0 Å². The van der Waals surface area contributed by atoms with Crippen LogP contribution in [0.2, 0.25) is 0 Å². The van der Waals surface area contributed by atoms with Gasteiger partial charge in [-0.05, 0) is 50.1 Å². The van der Waals surface area contributed by atoms with Crippen LogP contribution in [-0.4, -0.2) is 50.7 Å². The normalized spacial score (nSPS) is 16.4. The molecule has 1 aliphatic rings. The van der Waals surface area contributed by atoms with Gasteiger partial charge in [0, 0.05) is 44.1 Å². The summed E-state index contributed by atoms with van der Waals surface area (Å²) >= 11 is 0. The van der Waals surface area contributed by atoms with Gasteiger partial charge in [0.25, 0.3) is 0 Å².